The van der Waals surface area contributed by atoms with Crippen molar-refractivity contribution in [2.45, 2.75) is 26.2 Å². The fourth-order valence-electron chi connectivity index (χ4n) is 2.78. The Morgan fingerprint density at radius 2 is 1.68 bits per heavy atom. The van der Waals surface area contributed by atoms with E-state index in [4.69, 9.17) is 18.5 Å². The van der Waals surface area contributed by atoms with Gasteiger partial charge in [0, 0.05) is 0 Å². The molecule has 0 aromatic heterocycles. The van der Waals surface area contributed by atoms with Gasteiger partial charge in [0.05, 0.1) is 13.2 Å². The topological polar surface area (TPSA) is 68.1 Å². The van der Waals surface area contributed by atoms with Crippen LogP contribution in [0.1, 0.15) is 30.8 Å². The molecule has 1 aliphatic rings. The van der Waals surface area contributed by atoms with Crippen molar-refractivity contribution < 1.29 is 56.6 Å². The van der Waals surface area contributed by atoms with Crippen molar-refractivity contribution >= 4 is 7.60 Å². The van der Waals surface area contributed by atoms with Gasteiger partial charge in [-0.15, -0.1) is 6.54 Å². The molecule has 1 heterocycles. The molecular weight excluding hydrogens is 584 g/mol. The quantitative estimate of drug-likeness (QED) is 0.410. The van der Waals surface area contributed by atoms with Crippen molar-refractivity contribution in [1.29, 1.82) is 0 Å². The minimum absolute atomic E-state index is 0. The van der Waals surface area contributed by atoms with E-state index in [0.717, 1.165) is 16.9 Å². The second-order valence-corrected chi connectivity index (χ2v) is 7.77. The Morgan fingerprint density at radius 1 is 1.04 bits per heavy atom. The number of rotatable bonds is 9. The normalized spacial score (nSPS) is 13.4. The summed E-state index contributed by atoms with van der Waals surface area (Å²) in [6, 6.07) is 15.1. The summed E-state index contributed by atoms with van der Waals surface area (Å²) in [6.07, 6.45) is 0. The molecule has 1 aliphatic heterocycles. The van der Waals surface area contributed by atoms with Crippen LogP contribution in [0.4, 0.5) is 0 Å². The summed E-state index contributed by atoms with van der Waals surface area (Å²) in [5, 5.41) is 4.69. The van der Waals surface area contributed by atoms with Crippen molar-refractivity contribution in [2.75, 3.05) is 20.0 Å². The van der Waals surface area contributed by atoms with E-state index in [1.807, 2.05) is 48.5 Å². The van der Waals surface area contributed by atoms with Gasteiger partial charge in [-0.1, -0.05) is 47.5 Å². The van der Waals surface area contributed by atoms with Crippen LogP contribution in [-0.2, 0) is 41.2 Å². The van der Waals surface area contributed by atoms with Gasteiger partial charge in [-0.25, -0.2) is 0 Å². The molecule has 156 valence electrons. The van der Waals surface area contributed by atoms with Crippen LogP contribution in [0.5, 0.6) is 11.5 Å². The molecule has 28 heavy (non-hydrogen) atoms. The SMILES string of the molecule is CCOP(=O)(OCC)C([N-]Cc1ccc2c(c1)OCO2)c1ccccc1.[Cl-].[Pt+2]. The van der Waals surface area contributed by atoms with Crippen molar-refractivity contribution in [1.82, 2.24) is 0 Å². The van der Waals surface area contributed by atoms with Crippen LogP contribution in [0.15, 0.2) is 48.5 Å². The van der Waals surface area contributed by atoms with Gasteiger partial charge in [0.2, 0.25) is 6.79 Å². The van der Waals surface area contributed by atoms with Crippen LogP contribution in [-0.4, -0.2) is 20.0 Å². The van der Waals surface area contributed by atoms with Crippen molar-refractivity contribution in [2.24, 2.45) is 0 Å². The molecule has 2 aromatic rings. The Kier molecular flexibility index (Phi) is 10.8. The van der Waals surface area contributed by atoms with E-state index in [1.54, 1.807) is 13.8 Å². The third-order valence-corrected chi connectivity index (χ3v) is 6.20. The average molecular weight is 607 g/mol. The van der Waals surface area contributed by atoms with Gasteiger partial charge in [0.15, 0.2) is 11.5 Å². The Balaban J connectivity index is 0.00000196. The Morgan fingerprint density at radius 3 is 2.32 bits per heavy atom. The van der Waals surface area contributed by atoms with E-state index >= 15 is 0 Å². The number of ether oxygens (including phenoxy) is 2. The molecule has 0 amide bonds. The molecule has 1 atom stereocenters. The molecule has 0 radical (unpaired) electrons. The predicted octanol–water partition coefficient (Wildman–Crippen LogP) is 2.26. The fourth-order valence-corrected chi connectivity index (χ4v) is 4.68. The average Bonchev–Trinajstić information content (AvgIpc) is 3.11. The van der Waals surface area contributed by atoms with Gasteiger partial charge in [0.1, 0.15) is 0 Å². The minimum atomic E-state index is -3.43. The molecule has 1 unspecified atom stereocenters. The van der Waals surface area contributed by atoms with Gasteiger partial charge >= 0.3 is 28.7 Å². The van der Waals surface area contributed by atoms with E-state index < -0.39 is 13.4 Å². The summed E-state index contributed by atoms with van der Waals surface area (Å²) in [5.41, 5.74) is 1.74. The molecule has 2 aromatic carbocycles. The number of fused-ring (bicyclic) bond motifs is 1. The van der Waals surface area contributed by atoms with Crippen molar-refractivity contribution in [3.05, 3.63) is 65.0 Å². The van der Waals surface area contributed by atoms with Crippen molar-refractivity contribution in [3.8, 4) is 11.5 Å². The second kappa shape index (κ2) is 12.0. The van der Waals surface area contributed by atoms with Crippen LogP contribution >= 0.6 is 7.60 Å². The number of benzene rings is 2. The summed E-state index contributed by atoms with van der Waals surface area (Å²) in [7, 11) is -3.43. The monoisotopic (exact) mass is 606 g/mol. The first-order chi connectivity index (χ1) is 12.7. The van der Waals surface area contributed by atoms with Crippen LogP contribution < -0.4 is 21.9 Å². The number of hydrogen-bond donors (Lipinski definition) is 0. The molecular formula is C19H23ClNO5PPt. The third kappa shape index (κ3) is 6.06. The number of hydrogen-bond acceptors (Lipinski definition) is 5. The third-order valence-electron chi connectivity index (χ3n) is 3.90. The number of nitrogens with zero attached hydrogens (tertiary/aromatic N) is 1. The molecule has 0 bridgehead atoms. The van der Waals surface area contributed by atoms with Gasteiger partial charge in [-0.3, -0.25) is 4.57 Å². The van der Waals surface area contributed by atoms with Crippen LogP contribution in [0.25, 0.3) is 5.32 Å². The van der Waals surface area contributed by atoms with Gasteiger partial charge < -0.3 is 36.2 Å². The first-order valence-corrected chi connectivity index (χ1v) is 10.3. The van der Waals surface area contributed by atoms with Crippen LogP contribution in [0.2, 0.25) is 0 Å². The summed E-state index contributed by atoms with van der Waals surface area (Å²) in [6.45, 7) is 4.77. The molecule has 0 spiro atoms. The largest absolute Gasteiger partial charge is 2.00 e. The molecule has 0 fully saturated rings. The molecule has 6 nitrogen and oxygen atoms in total. The summed E-state index contributed by atoms with van der Waals surface area (Å²) in [4.78, 5) is 0. The van der Waals surface area contributed by atoms with Gasteiger partial charge in [0.25, 0.3) is 0 Å². The van der Waals surface area contributed by atoms with E-state index in [-0.39, 0.29) is 40.3 Å². The first-order valence-electron chi connectivity index (χ1n) is 8.65. The Labute approximate surface area is 186 Å². The maximum Gasteiger partial charge on any atom is 2.00 e. The summed E-state index contributed by atoms with van der Waals surface area (Å²) in [5.74, 6) is 0.739. The van der Waals surface area contributed by atoms with Crippen molar-refractivity contribution in [3.63, 3.8) is 0 Å². The van der Waals surface area contributed by atoms with Gasteiger partial charge in [-0.2, -0.15) is 0 Å². The van der Waals surface area contributed by atoms with Crippen LogP contribution in [0, 0.1) is 0 Å². The molecule has 0 saturated carbocycles. The van der Waals surface area contributed by atoms with E-state index in [9.17, 15) is 4.57 Å². The zero-order chi connectivity index (χ0) is 18.4. The van der Waals surface area contributed by atoms with E-state index in [2.05, 4.69) is 5.32 Å². The van der Waals surface area contributed by atoms with E-state index in [1.165, 1.54) is 0 Å². The maximum absolute atomic E-state index is 13.3. The predicted molar refractivity (Wildman–Crippen MR) is 99.7 cm³/mol. The molecule has 3 rings (SSSR count). The van der Waals surface area contributed by atoms with Crippen LogP contribution in [0.3, 0.4) is 0 Å². The maximum atomic E-state index is 13.3. The van der Waals surface area contributed by atoms with E-state index in [0.29, 0.717) is 25.5 Å². The number of halogens is 1. The summed E-state index contributed by atoms with van der Waals surface area (Å²) >= 11 is 0. The molecule has 9 heteroatoms. The standard InChI is InChI=1S/C19H23NO5P.ClH.Pt/c1-3-24-26(21,25-4-2)19(16-8-6-5-7-9-16)20-13-15-10-11-17-18(12-15)23-14-22-17;;/h5-12,19H,3-4,13-14H2,1-2H3;1H;/q-1;;+2/p-1. The first kappa shape index (κ1) is 25.2. The second-order valence-electron chi connectivity index (χ2n) is 5.69. The fraction of sp³-hybridized carbons (Fsp3) is 0.368. The molecule has 0 aliphatic carbocycles. The Bertz CT molecular complexity index is 770. The minimum Gasteiger partial charge on any atom is -1.00 e. The Hall–Kier alpha value is -0.872. The zero-order valence-electron chi connectivity index (χ0n) is 15.7. The summed E-state index contributed by atoms with van der Waals surface area (Å²) < 4.78 is 35.2. The molecule has 0 saturated heterocycles. The van der Waals surface area contributed by atoms with Gasteiger partial charge in [-0.05, 0) is 31.8 Å². The zero-order valence-corrected chi connectivity index (χ0v) is 19.6. The molecule has 0 N–H and O–H groups in total. The smallest absolute Gasteiger partial charge is 1.00 e.